The zero-order chi connectivity index (χ0) is 16.0. The highest BCUT2D eigenvalue weighted by Crippen LogP contribution is 2.11. The van der Waals surface area contributed by atoms with Gasteiger partial charge in [0, 0.05) is 45.9 Å². The van der Waals surface area contributed by atoms with E-state index in [0.717, 1.165) is 0 Å². The summed E-state index contributed by atoms with van der Waals surface area (Å²) in [6, 6.07) is -1.85. The van der Waals surface area contributed by atoms with Crippen LogP contribution in [-0.4, -0.2) is 58.3 Å². The SMILES string of the molecule is CN(C)C(=O)CCNC(=O)NC(C(=O)O)c1cnn(C)c1. The van der Waals surface area contributed by atoms with Crippen molar-refractivity contribution in [2.45, 2.75) is 12.5 Å². The lowest BCUT2D eigenvalue weighted by atomic mass is 10.1. The average Bonchev–Trinajstić information content (AvgIpc) is 2.81. The molecule has 1 unspecified atom stereocenters. The number of hydrogen-bond donors (Lipinski definition) is 3. The standard InChI is InChI=1S/C12H19N5O4/c1-16(2)9(18)4-5-13-12(21)15-10(11(19)20)8-6-14-17(3)7-8/h6-7,10H,4-5H2,1-3H3,(H,19,20)(H2,13,15,21). The van der Waals surface area contributed by atoms with Crippen LogP contribution in [0, 0.1) is 0 Å². The highest BCUT2D eigenvalue weighted by molar-refractivity contribution is 5.84. The van der Waals surface area contributed by atoms with Gasteiger partial charge in [-0.15, -0.1) is 0 Å². The van der Waals surface area contributed by atoms with Gasteiger partial charge in [0.15, 0.2) is 6.04 Å². The van der Waals surface area contributed by atoms with Crippen LogP contribution in [0.15, 0.2) is 12.4 Å². The summed E-state index contributed by atoms with van der Waals surface area (Å²) in [6.07, 6.45) is 3.02. The molecule has 3 N–H and O–H groups in total. The normalized spacial score (nSPS) is 11.6. The summed E-state index contributed by atoms with van der Waals surface area (Å²) in [4.78, 5) is 35.6. The van der Waals surface area contributed by atoms with Crippen LogP contribution in [0.4, 0.5) is 4.79 Å². The van der Waals surface area contributed by atoms with Gasteiger partial charge in [-0.1, -0.05) is 0 Å². The van der Waals surface area contributed by atoms with E-state index in [1.165, 1.54) is 22.0 Å². The number of nitrogens with zero attached hydrogens (tertiary/aromatic N) is 3. The Morgan fingerprint density at radius 2 is 2.10 bits per heavy atom. The molecule has 1 rings (SSSR count). The van der Waals surface area contributed by atoms with E-state index in [-0.39, 0.29) is 18.9 Å². The first-order chi connectivity index (χ1) is 9.81. The molecule has 116 valence electrons. The number of hydrogen-bond acceptors (Lipinski definition) is 4. The van der Waals surface area contributed by atoms with Gasteiger partial charge in [0.1, 0.15) is 0 Å². The predicted molar refractivity (Wildman–Crippen MR) is 73.4 cm³/mol. The van der Waals surface area contributed by atoms with Gasteiger partial charge in [-0.05, 0) is 0 Å². The lowest BCUT2D eigenvalue weighted by Gasteiger charge is -2.14. The molecule has 0 aliphatic carbocycles. The van der Waals surface area contributed by atoms with Crippen LogP contribution in [0.25, 0.3) is 0 Å². The minimum absolute atomic E-state index is 0.127. The second kappa shape index (κ2) is 7.27. The van der Waals surface area contributed by atoms with Crippen LogP contribution in [-0.2, 0) is 16.6 Å². The van der Waals surface area contributed by atoms with E-state index >= 15 is 0 Å². The molecule has 9 nitrogen and oxygen atoms in total. The zero-order valence-electron chi connectivity index (χ0n) is 12.2. The number of aryl methyl sites for hydroxylation is 1. The summed E-state index contributed by atoms with van der Waals surface area (Å²) in [5, 5.41) is 17.8. The van der Waals surface area contributed by atoms with Gasteiger partial charge >= 0.3 is 12.0 Å². The molecule has 1 atom stereocenters. The molecule has 0 bridgehead atoms. The number of aromatic nitrogens is 2. The summed E-state index contributed by atoms with van der Waals surface area (Å²) in [7, 11) is 4.88. The fourth-order valence-corrected chi connectivity index (χ4v) is 1.57. The van der Waals surface area contributed by atoms with Crippen molar-refractivity contribution in [2.75, 3.05) is 20.6 Å². The van der Waals surface area contributed by atoms with Crippen molar-refractivity contribution in [3.8, 4) is 0 Å². The third-order valence-electron chi connectivity index (χ3n) is 2.70. The summed E-state index contributed by atoms with van der Waals surface area (Å²) < 4.78 is 1.45. The smallest absolute Gasteiger partial charge is 0.331 e. The van der Waals surface area contributed by atoms with Gasteiger partial charge < -0.3 is 20.6 Å². The van der Waals surface area contributed by atoms with Crippen LogP contribution >= 0.6 is 0 Å². The molecule has 1 aromatic heterocycles. The fraction of sp³-hybridized carbons (Fsp3) is 0.500. The van der Waals surface area contributed by atoms with Crippen LogP contribution in [0.1, 0.15) is 18.0 Å². The number of carboxylic acid groups (broad SMARTS) is 1. The largest absolute Gasteiger partial charge is 0.479 e. The Kier molecular flexibility index (Phi) is 5.70. The first kappa shape index (κ1) is 16.5. The van der Waals surface area contributed by atoms with Crippen LogP contribution in [0.5, 0.6) is 0 Å². The molecule has 1 aromatic rings. The highest BCUT2D eigenvalue weighted by Gasteiger charge is 2.23. The molecule has 0 aliphatic rings. The lowest BCUT2D eigenvalue weighted by Crippen LogP contribution is -2.42. The van der Waals surface area contributed by atoms with Gasteiger partial charge in [0.2, 0.25) is 5.91 Å². The van der Waals surface area contributed by atoms with E-state index in [9.17, 15) is 14.4 Å². The van der Waals surface area contributed by atoms with E-state index < -0.39 is 18.0 Å². The van der Waals surface area contributed by atoms with Crippen molar-refractivity contribution >= 4 is 17.9 Å². The monoisotopic (exact) mass is 297 g/mol. The maximum atomic E-state index is 11.7. The van der Waals surface area contributed by atoms with Crippen molar-refractivity contribution in [3.63, 3.8) is 0 Å². The van der Waals surface area contributed by atoms with Crippen LogP contribution in [0.3, 0.4) is 0 Å². The molecule has 9 heteroatoms. The van der Waals surface area contributed by atoms with Crippen molar-refractivity contribution < 1.29 is 19.5 Å². The molecule has 3 amide bonds. The maximum absolute atomic E-state index is 11.7. The van der Waals surface area contributed by atoms with Crippen LogP contribution < -0.4 is 10.6 Å². The highest BCUT2D eigenvalue weighted by atomic mass is 16.4. The second-order valence-electron chi connectivity index (χ2n) is 4.66. The van der Waals surface area contributed by atoms with Crippen LogP contribution in [0.2, 0.25) is 0 Å². The van der Waals surface area contributed by atoms with Gasteiger partial charge in [0.25, 0.3) is 0 Å². The van der Waals surface area contributed by atoms with Gasteiger partial charge in [-0.3, -0.25) is 9.48 Å². The van der Waals surface area contributed by atoms with Crippen molar-refractivity contribution in [2.24, 2.45) is 7.05 Å². The van der Waals surface area contributed by atoms with Crippen molar-refractivity contribution in [1.82, 2.24) is 25.3 Å². The van der Waals surface area contributed by atoms with E-state index in [1.807, 2.05) is 0 Å². The minimum atomic E-state index is -1.19. The van der Waals surface area contributed by atoms with Gasteiger partial charge in [-0.25, -0.2) is 9.59 Å². The minimum Gasteiger partial charge on any atom is -0.479 e. The summed E-state index contributed by atoms with van der Waals surface area (Å²) in [5.74, 6) is -1.32. The Morgan fingerprint density at radius 3 is 2.57 bits per heavy atom. The third kappa shape index (κ3) is 5.13. The molecule has 0 saturated carbocycles. The third-order valence-corrected chi connectivity index (χ3v) is 2.70. The topological polar surface area (TPSA) is 117 Å². The second-order valence-corrected chi connectivity index (χ2v) is 4.66. The first-order valence-corrected chi connectivity index (χ1v) is 6.27. The number of amides is 3. The molecule has 0 radical (unpaired) electrons. The molecular formula is C12H19N5O4. The number of carboxylic acids is 1. The number of nitrogens with one attached hydrogen (secondary N) is 2. The zero-order valence-corrected chi connectivity index (χ0v) is 12.2. The Hall–Kier alpha value is -2.58. The quantitative estimate of drug-likeness (QED) is 0.643. The Balaban J connectivity index is 2.51. The molecule has 0 aromatic carbocycles. The summed E-state index contributed by atoms with van der Waals surface area (Å²) in [5.41, 5.74) is 0.365. The van der Waals surface area contributed by atoms with Crippen molar-refractivity contribution in [3.05, 3.63) is 18.0 Å². The number of rotatable bonds is 6. The van der Waals surface area contributed by atoms with Gasteiger partial charge in [-0.2, -0.15) is 5.10 Å². The van der Waals surface area contributed by atoms with Crippen molar-refractivity contribution in [1.29, 1.82) is 0 Å². The van der Waals surface area contributed by atoms with E-state index in [0.29, 0.717) is 5.56 Å². The molecule has 21 heavy (non-hydrogen) atoms. The number of carbonyl (C=O) groups is 3. The molecule has 0 saturated heterocycles. The summed E-state index contributed by atoms with van der Waals surface area (Å²) >= 11 is 0. The van der Waals surface area contributed by atoms with E-state index in [2.05, 4.69) is 15.7 Å². The average molecular weight is 297 g/mol. The van der Waals surface area contributed by atoms with E-state index in [4.69, 9.17) is 5.11 Å². The number of urea groups is 1. The summed E-state index contributed by atoms with van der Waals surface area (Å²) in [6.45, 7) is 0.127. The Morgan fingerprint density at radius 1 is 1.43 bits per heavy atom. The lowest BCUT2D eigenvalue weighted by molar-refractivity contribution is -0.139. The molecular weight excluding hydrogens is 278 g/mol. The van der Waals surface area contributed by atoms with Gasteiger partial charge in [0.05, 0.1) is 6.20 Å². The first-order valence-electron chi connectivity index (χ1n) is 6.27. The Bertz CT molecular complexity index is 525. The predicted octanol–water partition coefficient (Wildman–Crippen LogP) is -0.677. The molecule has 0 spiro atoms. The Labute approximate surface area is 121 Å². The fourth-order valence-electron chi connectivity index (χ4n) is 1.57. The molecule has 0 aliphatic heterocycles. The number of aliphatic carboxylic acids is 1. The molecule has 0 fully saturated rings. The molecule has 1 heterocycles. The van der Waals surface area contributed by atoms with E-state index in [1.54, 1.807) is 21.1 Å². The number of carbonyl (C=O) groups excluding carboxylic acids is 2. The maximum Gasteiger partial charge on any atom is 0.331 e.